The normalized spacial score (nSPS) is 42.7. The van der Waals surface area contributed by atoms with Crippen LogP contribution in [-0.2, 0) is 14.3 Å². The van der Waals surface area contributed by atoms with E-state index in [4.69, 9.17) is 16.3 Å². The van der Waals surface area contributed by atoms with Crippen molar-refractivity contribution in [1.29, 1.82) is 0 Å². The van der Waals surface area contributed by atoms with E-state index in [-0.39, 0.29) is 16.5 Å². The minimum absolute atomic E-state index is 0.00404. The van der Waals surface area contributed by atoms with E-state index >= 15 is 0 Å². The van der Waals surface area contributed by atoms with Gasteiger partial charge in [0.2, 0.25) is 11.6 Å². The van der Waals surface area contributed by atoms with Crippen LogP contribution < -0.4 is 0 Å². The highest BCUT2D eigenvalue weighted by Gasteiger charge is 2.85. The van der Waals surface area contributed by atoms with Crippen LogP contribution in [0.25, 0.3) is 0 Å². The number of Topliss-reactive ketones (excluding diaryl/α,β-unsaturated/α-hetero) is 2. The van der Waals surface area contributed by atoms with Crippen LogP contribution in [0.3, 0.4) is 0 Å². The monoisotopic (exact) mass is 360 g/mol. The zero-order chi connectivity index (χ0) is 15.1. The fourth-order valence-corrected chi connectivity index (χ4v) is 4.46. The predicted octanol–water partition coefficient (Wildman–Crippen LogP) is 2.43. The van der Waals surface area contributed by atoms with E-state index in [0.717, 1.165) is 0 Å². The molecule has 0 amide bonds. The maximum Gasteiger partial charge on any atom is 0.245 e. The number of hydrogen-bond donors (Lipinski definition) is 1. The highest BCUT2D eigenvalue weighted by molar-refractivity contribution is 9.12. The molecule has 3 rings (SSSR count). The summed E-state index contributed by atoms with van der Waals surface area (Å²) in [5.41, 5.74) is -1.93. The van der Waals surface area contributed by atoms with Crippen molar-refractivity contribution in [2.75, 3.05) is 0 Å². The van der Waals surface area contributed by atoms with Gasteiger partial charge in [0.15, 0.2) is 5.78 Å². The minimum atomic E-state index is -2.10. The van der Waals surface area contributed by atoms with Crippen LogP contribution in [0.2, 0.25) is 0 Å². The smallest absolute Gasteiger partial charge is 0.245 e. The van der Waals surface area contributed by atoms with Crippen molar-refractivity contribution in [3.8, 4) is 0 Å². The van der Waals surface area contributed by atoms with Crippen LogP contribution in [0.1, 0.15) is 27.2 Å². The van der Waals surface area contributed by atoms with Gasteiger partial charge in [-0.3, -0.25) is 9.59 Å². The van der Waals surface area contributed by atoms with Gasteiger partial charge in [-0.1, -0.05) is 33.6 Å². The van der Waals surface area contributed by atoms with Crippen molar-refractivity contribution in [1.82, 2.24) is 0 Å². The number of hydrogen-bond acceptors (Lipinski definition) is 4. The summed E-state index contributed by atoms with van der Waals surface area (Å²) in [4.78, 5) is 25.3. The van der Waals surface area contributed by atoms with Crippen molar-refractivity contribution < 1.29 is 19.4 Å². The maximum atomic E-state index is 12.7. The summed E-state index contributed by atoms with van der Waals surface area (Å²) in [6.45, 7) is 5.26. The SMILES string of the molecule is C/C=C(\Br)C1=C(Cl)C(=O)C23C[C@H]2C(C)(C)O[C@]3(O)C1=O. The van der Waals surface area contributed by atoms with E-state index in [1.165, 1.54) is 0 Å². The van der Waals surface area contributed by atoms with Crippen LogP contribution in [0.5, 0.6) is 0 Å². The fraction of sp³-hybridized carbons (Fsp3) is 0.571. The Balaban J connectivity index is 2.23. The first-order chi connectivity index (χ1) is 9.13. The van der Waals surface area contributed by atoms with E-state index in [9.17, 15) is 14.7 Å². The van der Waals surface area contributed by atoms with Crippen molar-refractivity contribution in [3.05, 3.63) is 21.2 Å². The predicted molar refractivity (Wildman–Crippen MR) is 76.2 cm³/mol. The molecule has 108 valence electrons. The summed E-state index contributed by atoms with van der Waals surface area (Å²) in [7, 11) is 0. The summed E-state index contributed by atoms with van der Waals surface area (Å²) < 4.78 is 5.98. The molecule has 1 spiro atoms. The lowest BCUT2D eigenvalue weighted by molar-refractivity contribution is -0.239. The minimum Gasteiger partial charge on any atom is -0.358 e. The fourth-order valence-electron chi connectivity index (χ4n) is 3.61. The van der Waals surface area contributed by atoms with E-state index in [0.29, 0.717) is 10.9 Å². The first kappa shape index (κ1) is 14.4. The van der Waals surface area contributed by atoms with Crippen LogP contribution in [0.4, 0.5) is 0 Å². The molecule has 6 heteroatoms. The molecule has 2 aliphatic carbocycles. The number of carbonyl (C=O) groups excluding carboxylic acids is 2. The summed E-state index contributed by atoms with van der Waals surface area (Å²) >= 11 is 9.32. The van der Waals surface area contributed by atoms with Gasteiger partial charge in [-0.25, -0.2) is 0 Å². The van der Waals surface area contributed by atoms with Crippen LogP contribution >= 0.6 is 27.5 Å². The number of rotatable bonds is 1. The van der Waals surface area contributed by atoms with Gasteiger partial charge in [-0.2, -0.15) is 0 Å². The molecule has 1 heterocycles. The van der Waals surface area contributed by atoms with E-state index in [1.807, 2.05) is 0 Å². The molecule has 1 saturated carbocycles. The molecule has 0 aromatic rings. The van der Waals surface area contributed by atoms with E-state index < -0.39 is 28.4 Å². The van der Waals surface area contributed by atoms with Gasteiger partial charge >= 0.3 is 0 Å². The number of ether oxygens (including phenoxy) is 1. The second-order valence-electron chi connectivity index (χ2n) is 6.06. The Kier molecular flexibility index (Phi) is 2.76. The third-order valence-corrected chi connectivity index (χ3v) is 5.88. The summed E-state index contributed by atoms with van der Waals surface area (Å²) in [6.07, 6.45) is 2.03. The van der Waals surface area contributed by atoms with Gasteiger partial charge in [0.05, 0.1) is 16.2 Å². The Bertz CT molecular complexity index is 621. The molecule has 1 aliphatic heterocycles. The Labute approximate surface area is 129 Å². The third kappa shape index (κ3) is 1.35. The molecule has 0 aromatic carbocycles. The van der Waals surface area contributed by atoms with Gasteiger partial charge < -0.3 is 9.84 Å². The molecule has 0 bridgehead atoms. The summed E-state index contributed by atoms with van der Waals surface area (Å²) in [5, 5.41) is 10.7. The average molecular weight is 362 g/mol. The second-order valence-corrected chi connectivity index (χ2v) is 7.29. The molecule has 0 radical (unpaired) electrons. The van der Waals surface area contributed by atoms with Gasteiger partial charge in [-0.05, 0) is 27.2 Å². The van der Waals surface area contributed by atoms with Gasteiger partial charge in [0.1, 0.15) is 5.41 Å². The number of allylic oxidation sites excluding steroid dienone is 3. The van der Waals surface area contributed by atoms with Crippen molar-refractivity contribution >= 4 is 39.1 Å². The Morgan fingerprint density at radius 3 is 2.55 bits per heavy atom. The number of aliphatic hydroxyl groups is 1. The molecule has 1 N–H and O–H groups in total. The Morgan fingerprint density at radius 1 is 1.45 bits per heavy atom. The van der Waals surface area contributed by atoms with Gasteiger partial charge in [-0.15, -0.1) is 0 Å². The quantitative estimate of drug-likeness (QED) is 0.779. The number of ketones is 2. The summed E-state index contributed by atoms with van der Waals surface area (Å²) in [5.74, 6) is -3.32. The average Bonchev–Trinajstić information content (AvgIpc) is 3.09. The second kappa shape index (κ2) is 3.83. The first-order valence-corrected chi connectivity index (χ1v) is 7.54. The number of carbonyl (C=O) groups is 2. The topological polar surface area (TPSA) is 63.6 Å². The zero-order valence-electron chi connectivity index (χ0n) is 11.3. The zero-order valence-corrected chi connectivity index (χ0v) is 13.6. The van der Waals surface area contributed by atoms with Gasteiger partial charge in [0.25, 0.3) is 0 Å². The highest BCUT2D eigenvalue weighted by Crippen LogP contribution is 2.74. The molecule has 1 unspecified atom stereocenters. The van der Waals surface area contributed by atoms with Crippen molar-refractivity contribution in [3.63, 3.8) is 0 Å². The third-order valence-electron chi connectivity index (χ3n) is 4.67. The van der Waals surface area contributed by atoms with Crippen LogP contribution in [0, 0.1) is 11.3 Å². The molecular formula is C14H14BrClO4. The maximum absolute atomic E-state index is 12.7. The lowest BCUT2D eigenvalue weighted by Gasteiger charge is -2.36. The van der Waals surface area contributed by atoms with Crippen molar-refractivity contribution in [2.24, 2.45) is 11.3 Å². The van der Waals surface area contributed by atoms with Gasteiger partial charge in [0, 0.05) is 10.4 Å². The van der Waals surface area contributed by atoms with E-state index in [2.05, 4.69) is 15.9 Å². The highest BCUT2D eigenvalue weighted by atomic mass is 79.9. The molecule has 2 fully saturated rings. The molecule has 3 atom stereocenters. The van der Waals surface area contributed by atoms with Crippen LogP contribution in [0.15, 0.2) is 21.2 Å². The Hall–Kier alpha value is -0.490. The molecule has 3 aliphatic rings. The Morgan fingerprint density at radius 2 is 2.05 bits per heavy atom. The largest absolute Gasteiger partial charge is 0.358 e. The molecule has 4 nitrogen and oxygen atoms in total. The molecule has 1 saturated heterocycles. The summed E-state index contributed by atoms with van der Waals surface area (Å²) in [6, 6.07) is 0. The molecule has 0 aromatic heterocycles. The lowest BCUT2D eigenvalue weighted by atomic mass is 9.77. The lowest BCUT2D eigenvalue weighted by Crippen LogP contribution is -2.55. The first-order valence-electron chi connectivity index (χ1n) is 6.37. The molecular weight excluding hydrogens is 348 g/mol. The van der Waals surface area contributed by atoms with E-state index in [1.54, 1.807) is 26.8 Å². The number of halogens is 2. The standard InChI is InChI=1S/C14H14BrClO4/c1-4-6(15)8-9(16)11(18)13-5-7(13)12(2,3)20-14(13,19)10(8)17/h4,7,19H,5H2,1-3H3/b6-4-/t7-,13?,14+/m0/s1. The van der Waals surface area contributed by atoms with Crippen molar-refractivity contribution in [2.45, 2.75) is 38.6 Å². The molecule has 20 heavy (non-hydrogen) atoms. The van der Waals surface area contributed by atoms with Crippen LogP contribution in [-0.4, -0.2) is 28.1 Å².